The van der Waals surface area contributed by atoms with Gasteiger partial charge in [-0.25, -0.2) is 5.01 Å². The molecule has 1 saturated heterocycles. The molecule has 164 valence electrons. The number of nitrogens with one attached hydrogen (secondary N) is 1. The molecule has 0 aromatic heterocycles. The molecule has 2 aromatic carbocycles. The van der Waals surface area contributed by atoms with Crippen molar-refractivity contribution in [2.24, 2.45) is 11.0 Å². The number of carbonyl (C=O) groups excluding carboxylic acids is 2. The van der Waals surface area contributed by atoms with Gasteiger partial charge in [0.2, 0.25) is 5.91 Å². The van der Waals surface area contributed by atoms with E-state index in [0.717, 1.165) is 36.1 Å². The van der Waals surface area contributed by atoms with E-state index in [1.807, 2.05) is 41.3 Å². The van der Waals surface area contributed by atoms with E-state index in [4.69, 9.17) is 5.10 Å². The second-order valence-corrected chi connectivity index (χ2v) is 8.72. The first-order valence-electron chi connectivity index (χ1n) is 11.4. The van der Waals surface area contributed by atoms with E-state index < -0.39 is 0 Å². The van der Waals surface area contributed by atoms with E-state index in [0.29, 0.717) is 13.1 Å². The number of hydrogen-bond donors (Lipinski definition) is 1. The van der Waals surface area contributed by atoms with Crippen molar-refractivity contribution in [3.8, 4) is 0 Å². The zero-order chi connectivity index (χ0) is 21.9. The van der Waals surface area contributed by atoms with Crippen LogP contribution in [0.25, 0.3) is 6.08 Å². The maximum absolute atomic E-state index is 13.4. The van der Waals surface area contributed by atoms with Crippen LogP contribution in [-0.2, 0) is 9.59 Å². The summed E-state index contributed by atoms with van der Waals surface area (Å²) in [4.78, 5) is 27.1. The van der Waals surface area contributed by atoms with Crippen LogP contribution in [0, 0.1) is 5.92 Å². The van der Waals surface area contributed by atoms with Crippen molar-refractivity contribution in [1.82, 2.24) is 15.2 Å². The van der Waals surface area contributed by atoms with Crippen LogP contribution < -0.4 is 5.32 Å². The van der Waals surface area contributed by atoms with Gasteiger partial charge in [-0.05, 0) is 42.0 Å². The fourth-order valence-corrected chi connectivity index (χ4v) is 5.03. The summed E-state index contributed by atoms with van der Waals surface area (Å²) in [5.41, 5.74) is 4.54. The number of rotatable bonds is 4. The van der Waals surface area contributed by atoms with E-state index in [9.17, 15) is 9.59 Å². The first-order valence-corrected chi connectivity index (χ1v) is 11.4. The maximum Gasteiger partial charge on any atom is 0.257 e. The average Bonchev–Trinajstić information content (AvgIpc) is 3.21. The van der Waals surface area contributed by atoms with Gasteiger partial charge in [0.05, 0.1) is 24.8 Å². The first-order chi connectivity index (χ1) is 15.7. The summed E-state index contributed by atoms with van der Waals surface area (Å²) in [6, 6.07) is 20.4. The van der Waals surface area contributed by atoms with Crippen LogP contribution >= 0.6 is 0 Å². The predicted molar refractivity (Wildman–Crippen MR) is 125 cm³/mol. The molecule has 5 rings (SSSR count). The standard InChI is InChI=1S/C26H28N4O2/c31-23-17-29(15-14-27-23)18-24(32)30-26(20-10-5-2-6-11-20)22-13-7-12-21(25(22)28-30)16-19-8-3-1-4-9-19/h1-6,8-11,16,22,26H,7,12-15,17-18H2,(H,27,31)/b21-16-. The van der Waals surface area contributed by atoms with Crippen LogP contribution in [-0.4, -0.2) is 53.6 Å². The molecule has 1 aliphatic carbocycles. The number of benzene rings is 2. The number of nitrogens with zero attached hydrogens (tertiary/aromatic N) is 3. The molecule has 6 nitrogen and oxygen atoms in total. The van der Waals surface area contributed by atoms with E-state index in [1.54, 1.807) is 5.01 Å². The smallest absolute Gasteiger partial charge is 0.257 e. The van der Waals surface area contributed by atoms with Gasteiger partial charge in [0.25, 0.3) is 5.91 Å². The summed E-state index contributed by atoms with van der Waals surface area (Å²) in [6.07, 6.45) is 5.29. The molecule has 2 unspecified atom stereocenters. The van der Waals surface area contributed by atoms with Gasteiger partial charge in [0.15, 0.2) is 0 Å². The number of fused-ring (bicyclic) bond motifs is 1. The molecule has 2 aliphatic heterocycles. The lowest BCUT2D eigenvalue weighted by Gasteiger charge is -2.31. The summed E-state index contributed by atoms with van der Waals surface area (Å²) in [7, 11) is 0. The number of carbonyl (C=O) groups is 2. The Bertz CT molecular complexity index is 1050. The maximum atomic E-state index is 13.4. The minimum absolute atomic E-state index is 0.0295. The summed E-state index contributed by atoms with van der Waals surface area (Å²) in [5, 5.41) is 9.45. The lowest BCUT2D eigenvalue weighted by atomic mass is 9.77. The van der Waals surface area contributed by atoms with Crippen molar-refractivity contribution >= 4 is 23.6 Å². The van der Waals surface area contributed by atoms with Gasteiger partial charge in [-0.2, -0.15) is 5.10 Å². The zero-order valence-electron chi connectivity index (χ0n) is 18.1. The predicted octanol–water partition coefficient (Wildman–Crippen LogP) is 3.24. The highest BCUT2D eigenvalue weighted by molar-refractivity contribution is 6.08. The van der Waals surface area contributed by atoms with Crippen LogP contribution in [0.15, 0.2) is 71.3 Å². The average molecular weight is 429 g/mol. The van der Waals surface area contributed by atoms with Crippen LogP contribution in [0.4, 0.5) is 0 Å². The number of allylic oxidation sites excluding steroid dienone is 1. The van der Waals surface area contributed by atoms with Gasteiger partial charge in [-0.15, -0.1) is 0 Å². The highest BCUT2D eigenvalue weighted by atomic mass is 16.2. The molecule has 2 aromatic rings. The summed E-state index contributed by atoms with van der Waals surface area (Å²) in [6.45, 7) is 1.72. The SMILES string of the molecule is O=C1CN(CC(=O)N2N=C3/C(=C\c4ccccc4)CCCC3C2c2ccccc2)CCN1. The lowest BCUT2D eigenvalue weighted by molar-refractivity contribution is -0.136. The molecule has 2 fully saturated rings. The van der Waals surface area contributed by atoms with Gasteiger partial charge >= 0.3 is 0 Å². The van der Waals surface area contributed by atoms with Gasteiger partial charge in [-0.3, -0.25) is 14.5 Å². The van der Waals surface area contributed by atoms with Gasteiger partial charge < -0.3 is 5.32 Å². The monoisotopic (exact) mass is 428 g/mol. The third kappa shape index (κ3) is 4.23. The molecule has 0 radical (unpaired) electrons. The van der Waals surface area contributed by atoms with Crippen molar-refractivity contribution in [3.05, 3.63) is 77.4 Å². The highest BCUT2D eigenvalue weighted by Gasteiger charge is 2.43. The molecule has 6 heteroatoms. The summed E-state index contributed by atoms with van der Waals surface area (Å²) >= 11 is 0. The molecular weight excluding hydrogens is 400 g/mol. The Labute approximate surface area is 188 Å². The second kappa shape index (κ2) is 9.09. The molecule has 0 bridgehead atoms. The Morgan fingerprint density at radius 3 is 2.59 bits per heavy atom. The van der Waals surface area contributed by atoms with Crippen LogP contribution in [0.3, 0.4) is 0 Å². The van der Waals surface area contributed by atoms with Crippen molar-refractivity contribution in [1.29, 1.82) is 0 Å². The second-order valence-electron chi connectivity index (χ2n) is 8.72. The third-order valence-electron chi connectivity index (χ3n) is 6.51. The van der Waals surface area contributed by atoms with Crippen molar-refractivity contribution in [2.75, 3.05) is 26.2 Å². The molecular formula is C26H28N4O2. The molecule has 2 atom stereocenters. The van der Waals surface area contributed by atoms with E-state index >= 15 is 0 Å². The number of hydrazone groups is 1. The van der Waals surface area contributed by atoms with Crippen LogP contribution in [0.1, 0.15) is 36.4 Å². The van der Waals surface area contributed by atoms with Crippen LogP contribution in [0.5, 0.6) is 0 Å². The Morgan fingerprint density at radius 1 is 1.09 bits per heavy atom. The van der Waals surface area contributed by atoms with E-state index in [1.165, 1.54) is 5.57 Å². The Kier molecular flexibility index (Phi) is 5.86. The zero-order valence-corrected chi connectivity index (χ0v) is 18.1. The minimum atomic E-state index is -0.100. The lowest BCUT2D eigenvalue weighted by Crippen LogP contribution is -2.50. The Balaban J connectivity index is 1.47. The Morgan fingerprint density at radius 2 is 1.84 bits per heavy atom. The quantitative estimate of drug-likeness (QED) is 0.813. The molecule has 3 aliphatic rings. The van der Waals surface area contributed by atoms with E-state index in [-0.39, 0.29) is 36.9 Å². The Hall–Kier alpha value is -3.25. The van der Waals surface area contributed by atoms with Crippen molar-refractivity contribution in [2.45, 2.75) is 25.3 Å². The molecule has 2 amide bonds. The fourth-order valence-electron chi connectivity index (χ4n) is 5.03. The number of hydrogen-bond acceptors (Lipinski definition) is 4. The third-order valence-corrected chi connectivity index (χ3v) is 6.51. The molecule has 32 heavy (non-hydrogen) atoms. The van der Waals surface area contributed by atoms with Gasteiger partial charge in [0, 0.05) is 19.0 Å². The summed E-state index contributed by atoms with van der Waals surface area (Å²) < 4.78 is 0. The van der Waals surface area contributed by atoms with Gasteiger partial charge in [0.1, 0.15) is 0 Å². The molecule has 1 N–H and O–H groups in total. The largest absolute Gasteiger partial charge is 0.354 e. The molecule has 2 heterocycles. The normalized spacial score (nSPS) is 24.8. The minimum Gasteiger partial charge on any atom is -0.354 e. The molecule has 0 spiro atoms. The van der Waals surface area contributed by atoms with Crippen LogP contribution in [0.2, 0.25) is 0 Å². The highest BCUT2D eigenvalue weighted by Crippen LogP contribution is 2.44. The topological polar surface area (TPSA) is 65.0 Å². The molecule has 1 saturated carbocycles. The first kappa shape index (κ1) is 20.6. The van der Waals surface area contributed by atoms with Crippen molar-refractivity contribution < 1.29 is 9.59 Å². The van der Waals surface area contributed by atoms with Gasteiger partial charge in [-0.1, -0.05) is 60.7 Å². The number of amides is 2. The number of piperazine rings is 1. The van der Waals surface area contributed by atoms with E-state index in [2.05, 4.69) is 35.7 Å². The summed E-state index contributed by atoms with van der Waals surface area (Å²) in [5.74, 6) is 0.113. The van der Waals surface area contributed by atoms with Crippen molar-refractivity contribution in [3.63, 3.8) is 0 Å². The fraction of sp³-hybridized carbons (Fsp3) is 0.346.